The van der Waals surface area contributed by atoms with Gasteiger partial charge in [0.05, 0.1) is 0 Å². The van der Waals surface area contributed by atoms with Crippen LogP contribution in [0.1, 0.15) is 56.5 Å². The molecule has 1 aliphatic rings. The van der Waals surface area contributed by atoms with Gasteiger partial charge in [-0.25, -0.2) is 0 Å². The molecule has 1 aromatic rings. The number of rotatable bonds is 4. The van der Waals surface area contributed by atoms with Crippen LogP contribution in [0, 0.1) is 5.92 Å². The maximum atomic E-state index is 5.47. The van der Waals surface area contributed by atoms with Crippen molar-refractivity contribution in [1.29, 1.82) is 0 Å². The van der Waals surface area contributed by atoms with Crippen LogP contribution in [0.15, 0.2) is 4.52 Å². The van der Waals surface area contributed by atoms with E-state index in [2.05, 4.69) is 31.2 Å². The molecular formula is C13H22N2O. The van der Waals surface area contributed by atoms with Gasteiger partial charge in [-0.3, -0.25) is 0 Å². The number of fused-ring (bicyclic) bond motifs is 1. The Morgan fingerprint density at radius 1 is 1.50 bits per heavy atom. The Morgan fingerprint density at radius 2 is 2.31 bits per heavy atom. The third kappa shape index (κ3) is 2.46. The molecule has 0 aromatic carbocycles. The van der Waals surface area contributed by atoms with Crippen molar-refractivity contribution in [2.75, 3.05) is 6.54 Å². The van der Waals surface area contributed by atoms with E-state index in [0.717, 1.165) is 31.0 Å². The number of hydrogen-bond donors (Lipinski definition) is 1. The van der Waals surface area contributed by atoms with E-state index in [1.54, 1.807) is 0 Å². The molecule has 90 valence electrons. The highest BCUT2D eigenvalue weighted by molar-refractivity contribution is 5.27. The first-order valence-electron chi connectivity index (χ1n) is 6.36. The van der Waals surface area contributed by atoms with Crippen molar-refractivity contribution >= 4 is 0 Å². The normalized spacial score (nSPS) is 20.1. The van der Waals surface area contributed by atoms with Crippen molar-refractivity contribution < 1.29 is 4.52 Å². The highest BCUT2D eigenvalue weighted by atomic mass is 16.5. The van der Waals surface area contributed by atoms with E-state index in [1.807, 2.05) is 0 Å². The molecule has 0 amide bonds. The fourth-order valence-electron chi connectivity index (χ4n) is 2.35. The highest BCUT2D eigenvalue weighted by Gasteiger charge is 2.24. The molecular weight excluding hydrogens is 200 g/mol. The zero-order valence-corrected chi connectivity index (χ0v) is 10.5. The minimum Gasteiger partial charge on any atom is -0.361 e. The first-order valence-corrected chi connectivity index (χ1v) is 6.36. The van der Waals surface area contributed by atoms with Crippen molar-refractivity contribution in [2.24, 2.45) is 5.92 Å². The molecule has 2 rings (SSSR count). The first-order chi connectivity index (χ1) is 7.68. The van der Waals surface area contributed by atoms with Gasteiger partial charge in [0.1, 0.15) is 11.5 Å². The predicted octanol–water partition coefficient (Wildman–Crippen LogP) is 2.86. The van der Waals surface area contributed by atoms with Crippen LogP contribution in [-0.4, -0.2) is 11.7 Å². The van der Waals surface area contributed by atoms with Gasteiger partial charge in [-0.1, -0.05) is 25.9 Å². The van der Waals surface area contributed by atoms with Crippen LogP contribution in [0.4, 0.5) is 0 Å². The summed E-state index contributed by atoms with van der Waals surface area (Å²) in [5, 5.41) is 7.64. The molecule has 1 heterocycles. The van der Waals surface area contributed by atoms with Gasteiger partial charge >= 0.3 is 0 Å². The third-order valence-electron chi connectivity index (χ3n) is 3.26. The summed E-state index contributed by atoms with van der Waals surface area (Å²) < 4.78 is 5.47. The Bertz CT molecular complexity index is 344. The second-order valence-electron chi connectivity index (χ2n) is 5.29. The molecule has 0 aliphatic heterocycles. The summed E-state index contributed by atoms with van der Waals surface area (Å²) in [6.07, 6.45) is 3.65. The molecule has 3 heteroatoms. The van der Waals surface area contributed by atoms with E-state index >= 15 is 0 Å². The zero-order chi connectivity index (χ0) is 11.5. The standard InChI is InChI=1S/C13H22N2O/c1-9(2)7-14-8-12-11-6-4-5-10(3)13(11)16-15-12/h9-10,14H,4-8H2,1-3H3. The van der Waals surface area contributed by atoms with E-state index in [0.29, 0.717) is 11.8 Å². The maximum absolute atomic E-state index is 5.47. The average molecular weight is 222 g/mol. The summed E-state index contributed by atoms with van der Waals surface area (Å²) in [5.41, 5.74) is 2.50. The van der Waals surface area contributed by atoms with Gasteiger partial charge in [0.25, 0.3) is 0 Å². The lowest BCUT2D eigenvalue weighted by Crippen LogP contribution is -2.20. The predicted molar refractivity (Wildman–Crippen MR) is 64.4 cm³/mol. The van der Waals surface area contributed by atoms with Crippen molar-refractivity contribution in [3.8, 4) is 0 Å². The number of aromatic nitrogens is 1. The second-order valence-corrected chi connectivity index (χ2v) is 5.29. The minimum atomic E-state index is 0.551. The lowest BCUT2D eigenvalue weighted by molar-refractivity contribution is 0.344. The lowest BCUT2D eigenvalue weighted by Gasteiger charge is -2.16. The molecule has 1 unspecified atom stereocenters. The molecule has 1 N–H and O–H groups in total. The first kappa shape index (κ1) is 11.6. The topological polar surface area (TPSA) is 38.1 Å². The summed E-state index contributed by atoms with van der Waals surface area (Å²) in [6, 6.07) is 0. The molecule has 1 aliphatic carbocycles. The fraction of sp³-hybridized carbons (Fsp3) is 0.769. The zero-order valence-electron chi connectivity index (χ0n) is 10.5. The van der Waals surface area contributed by atoms with Gasteiger partial charge in [0.15, 0.2) is 0 Å². The van der Waals surface area contributed by atoms with E-state index in [1.165, 1.54) is 18.4 Å². The largest absolute Gasteiger partial charge is 0.361 e. The van der Waals surface area contributed by atoms with Gasteiger partial charge in [0, 0.05) is 18.0 Å². The molecule has 0 fully saturated rings. The molecule has 0 saturated heterocycles. The third-order valence-corrected chi connectivity index (χ3v) is 3.26. The van der Waals surface area contributed by atoms with E-state index in [-0.39, 0.29) is 0 Å². The fourth-order valence-corrected chi connectivity index (χ4v) is 2.35. The van der Waals surface area contributed by atoms with Crippen LogP contribution >= 0.6 is 0 Å². The summed E-state index contributed by atoms with van der Waals surface area (Å²) in [5.74, 6) is 2.37. The second kappa shape index (κ2) is 5.00. The Morgan fingerprint density at radius 3 is 3.06 bits per heavy atom. The monoisotopic (exact) mass is 222 g/mol. The molecule has 0 saturated carbocycles. The summed E-state index contributed by atoms with van der Waals surface area (Å²) in [6.45, 7) is 8.55. The quantitative estimate of drug-likeness (QED) is 0.851. The number of hydrogen-bond acceptors (Lipinski definition) is 3. The van der Waals surface area contributed by atoms with Crippen molar-refractivity contribution in [1.82, 2.24) is 10.5 Å². The van der Waals surface area contributed by atoms with Crippen LogP contribution in [-0.2, 0) is 13.0 Å². The molecule has 1 atom stereocenters. The highest BCUT2D eigenvalue weighted by Crippen LogP contribution is 2.32. The van der Waals surface area contributed by atoms with Crippen molar-refractivity contribution in [3.05, 3.63) is 17.0 Å². The molecule has 0 radical (unpaired) electrons. The van der Waals surface area contributed by atoms with Gasteiger partial charge in [-0.05, 0) is 31.7 Å². The number of nitrogens with zero attached hydrogens (tertiary/aromatic N) is 1. The smallest absolute Gasteiger partial charge is 0.143 e. The summed E-state index contributed by atoms with van der Waals surface area (Å²) >= 11 is 0. The molecule has 0 spiro atoms. The van der Waals surface area contributed by atoms with Gasteiger partial charge in [-0.15, -0.1) is 0 Å². The Hall–Kier alpha value is -0.830. The summed E-state index contributed by atoms with van der Waals surface area (Å²) in [4.78, 5) is 0. The van der Waals surface area contributed by atoms with E-state index in [4.69, 9.17) is 4.52 Å². The van der Waals surface area contributed by atoms with Crippen LogP contribution in [0.3, 0.4) is 0 Å². The van der Waals surface area contributed by atoms with Crippen LogP contribution in [0.2, 0.25) is 0 Å². The van der Waals surface area contributed by atoms with Crippen LogP contribution < -0.4 is 5.32 Å². The lowest BCUT2D eigenvalue weighted by atomic mass is 9.89. The van der Waals surface area contributed by atoms with E-state index in [9.17, 15) is 0 Å². The molecule has 16 heavy (non-hydrogen) atoms. The molecule has 3 nitrogen and oxygen atoms in total. The van der Waals surface area contributed by atoms with Crippen molar-refractivity contribution in [3.63, 3.8) is 0 Å². The van der Waals surface area contributed by atoms with Gasteiger partial charge in [0.2, 0.25) is 0 Å². The van der Waals surface area contributed by atoms with Gasteiger partial charge < -0.3 is 9.84 Å². The average Bonchev–Trinajstić information content (AvgIpc) is 2.63. The van der Waals surface area contributed by atoms with E-state index < -0.39 is 0 Å². The Labute approximate surface area is 97.6 Å². The number of nitrogens with one attached hydrogen (secondary N) is 1. The van der Waals surface area contributed by atoms with Crippen molar-refractivity contribution in [2.45, 2.75) is 52.5 Å². The van der Waals surface area contributed by atoms with Crippen LogP contribution in [0.25, 0.3) is 0 Å². The molecule has 1 aromatic heterocycles. The van der Waals surface area contributed by atoms with Gasteiger partial charge in [-0.2, -0.15) is 0 Å². The Kier molecular flexibility index (Phi) is 3.64. The maximum Gasteiger partial charge on any atom is 0.143 e. The Balaban J connectivity index is 2.00. The SMILES string of the molecule is CC(C)CNCc1noc2c1CCCC2C. The minimum absolute atomic E-state index is 0.551. The molecule has 0 bridgehead atoms. The van der Waals surface area contributed by atoms with Crippen LogP contribution in [0.5, 0.6) is 0 Å². The summed E-state index contributed by atoms with van der Waals surface area (Å²) in [7, 11) is 0.